The van der Waals surface area contributed by atoms with Gasteiger partial charge in [0.25, 0.3) is 0 Å². The van der Waals surface area contributed by atoms with Crippen molar-refractivity contribution in [1.29, 1.82) is 0 Å². The molecule has 0 fully saturated rings. The van der Waals surface area contributed by atoms with E-state index >= 15 is 0 Å². The molecule has 0 aliphatic heterocycles. The van der Waals surface area contributed by atoms with Crippen molar-refractivity contribution in [3.05, 3.63) is 236 Å². The second-order valence-corrected chi connectivity index (χ2v) is 16.0. The fraction of sp³-hybridized carbons (Fsp3) is 0.0175. The molecule has 2 heteroatoms. The largest absolute Gasteiger partial charge is 0.311 e. The maximum Gasteiger partial charge on any atom is 0.0462 e. The lowest BCUT2D eigenvalue weighted by Gasteiger charge is -2.27. The van der Waals surface area contributed by atoms with Crippen molar-refractivity contribution in [2.24, 2.45) is 0 Å². The van der Waals surface area contributed by atoms with Crippen LogP contribution in [-0.2, 0) is 0 Å². The van der Waals surface area contributed by atoms with Crippen molar-refractivity contribution in [2.75, 3.05) is 4.90 Å². The highest BCUT2D eigenvalue weighted by atomic mass is 32.1. The molecule has 0 saturated heterocycles. The molecule has 0 aliphatic rings. The fourth-order valence-electron chi connectivity index (χ4n) is 8.34. The highest BCUT2D eigenvalue weighted by Gasteiger charge is 2.16. The summed E-state index contributed by atoms with van der Waals surface area (Å²) < 4.78 is 2.64. The Bertz CT molecular complexity index is 3200. The zero-order chi connectivity index (χ0) is 39.7. The van der Waals surface area contributed by atoms with Crippen LogP contribution in [0.4, 0.5) is 11.4 Å². The number of benzene rings is 9. The van der Waals surface area contributed by atoms with Gasteiger partial charge in [0, 0.05) is 37.2 Å². The lowest BCUT2D eigenvalue weighted by atomic mass is 9.96. The summed E-state index contributed by atoms with van der Waals surface area (Å²) in [4.78, 5) is 2.30. The second kappa shape index (κ2) is 15.6. The van der Waals surface area contributed by atoms with E-state index in [2.05, 4.69) is 231 Å². The highest BCUT2D eigenvalue weighted by Crippen LogP contribution is 2.39. The van der Waals surface area contributed by atoms with E-state index in [1.165, 1.54) is 75.1 Å². The van der Waals surface area contributed by atoms with Crippen molar-refractivity contribution in [1.82, 2.24) is 0 Å². The standard InChI is InChI=1S/C57H41NS/c1-3-39(41-18-20-43(21-19-41)46-28-34-53-48(36-46)23-22-45-14-8-9-15-52(45)53)37-49(4-2)58(50-30-24-42(25-31-50)40-12-6-5-7-13-40)51-32-26-44(27-33-51)47-29-35-57-55(38-47)54-16-10-11-17-56(54)59-57/h3-38H,2H2,1H3/b39-3+,49-37+. The first kappa shape index (κ1) is 36.1. The van der Waals surface area contributed by atoms with Gasteiger partial charge in [-0.1, -0.05) is 164 Å². The zero-order valence-electron chi connectivity index (χ0n) is 32.8. The number of hydrogen-bond acceptors (Lipinski definition) is 2. The molecule has 0 amide bonds. The summed E-state index contributed by atoms with van der Waals surface area (Å²) in [6.07, 6.45) is 6.40. The zero-order valence-corrected chi connectivity index (χ0v) is 33.7. The molecule has 0 aliphatic carbocycles. The molecule has 0 saturated carbocycles. The average Bonchev–Trinajstić information content (AvgIpc) is 3.69. The van der Waals surface area contributed by atoms with E-state index in [-0.39, 0.29) is 0 Å². The summed E-state index contributed by atoms with van der Waals surface area (Å²) in [5.74, 6) is 0. The van der Waals surface area contributed by atoms with Crippen molar-refractivity contribution < 1.29 is 0 Å². The van der Waals surface area contributed by atoms with Crippen molar-refractivity contribution in [3.8, 4) is 33.4 Å². The first-order valence-electron chi connectivity index (χ1n) is 20.1. The molecule has 0 spiro atoms. The summed E-state index contributed by atoms with van der Waals surface area (Å²) >= 11 is 1.85. The van der Waals surface area contributed by atoms with Gasteiger partial charge in [0.2, 0.25) is 0 Å². The van der Waals surface area contributed by atoms with Gasteiger partial charge in [0.15, 0.2) is 0 Å². The molecule has 0 radical (unpaired) electrons. The van der Waals surface area contributed by atoms with Gasteiger partial charge in [0.1, 0.15) is 0 Å². The van der Waals surface area contributed by atoms with Gasteiger partial charge in [-0.25, -0.2) is 0 Å². The van der Waals surface area contributed by atoms with E-state index < -0.39 is 0 Å². The van der Waals surface area contributed by atoms with Gasteiger partial charge in [-0.15, -0.1) is 11.3 Å². The number of anilines is 2. The molecule has 0 atom stereocenters. The summed E-state index contributed by atoms with van der Waals surface area (Å²) in [5, 5.41) is 7.71. The van der Waals surface area contributed by atoms with Crippen LogP contribution in [0.15, 0.2) is 231 Å². The molecule has 0 bridgehead atoms. The smallest absolute Gasteiger partial charge is 0.0462 e. The lowest BCUT2D eigenvalue weighted by Crippen LogP contribution is -2.15. The highest BCUT2D eigenvalue weighted by molar-refractivity contribution is 7.25. The Morgan fingerprint density at radius 2 is 0.966 bits per heavy atom. The Hall–Kier alpha value is -7.26. The quantitative estimate of drug-likeness (QED) is 0.104. The van der Waals surface area contributed by atoms with Crippen molar-refractivity contribution in [3.63, 3.8) is 0 Å². The molecular weight excluding hydrogens is 731 g/mol. The third-order valence-corrected chi connectivity index (χ3v) is 12.6. The molecule has 9 aromatic carbocycles. The Kier molecular flexibility index (Phi) is 9.54. The van der Waals surface area contributed by atoms with Crippen LogP contribution in [0.3, 0.4) is 0 Å². The SMILES string of the molecule is C=C/C(=C\C(=C/C)c1ccc(-c2ccc3c(ccc4ccccc43)c2)cc1)N(c1ccc(-c2ccccc2)cc1)c1ccc(-c2ccc3sc4ccccc4c3c2)cc1. The summed E-state index contributed by atoms with van der Waals surface area (Å²) in [6.45, 7) is 6.46. The Morgan fingerprint density at radius 3 is 1.68 bits per heavy atom. The minimum absolute atomic E-state index is 0.982. The minimum atomic E-state index is 0.982. The molecule has 1 heterocycles. The third-order valence-electron chi connectivity index (χ3n) is 11.4. The Morgan fingerprint density at radius 1 is 0.441 bits per heavy atom. The Balaban J connectivity index is 0.993. The van der Waals surface area contributed by atoms with E-state index in [0.29, 0.717) is 0 Å². The van der Waals surface area contributed by atoms with Gasteiger partial charge in [-0.05, 0) is 134 Å². The predicted octanol–water partition coefficient (Wildman–Crippen LogP) is 16.7. The van der Waals surface area contributed by atoms with E-state index in [0.717, 1.165) is 28.2 Å². The molecule has 59 heavy (non-hydrogen) atoms. The number of allylic oxidation sites excluding steroid dienone is 4. The van der Waals surface area contributed by atoms with E-state index in [9.17, 15) is 0 Å². The van der Waals surface area contributed by atoms with Crippen LogP contribution in [0, 0.1) is 0 Å². The van der Waals surface area contributed by atoms with Gasteiger partial charge < -0.3 is 4.90 Å². The van der Waals surface area contributed by atoms with Crippen LogP contribution in [0.25, 0.3) is 80.7 Å². The fourth-order valence-corrected chi connectivity index (χ4v) is 9.43. The summed E-state index contributed by atoms with van der Waals surface area (Å²) in [5.41, 5.74) is 12.5. The molecule has 10 aromatic rings. The van der Waals surface area contributed by atoms with Crippen LogP contribution in [0.5, 0.6) is 0 Å². The maximum atomic E-state index is 4.35. The molecule has 0 N–H and O–H groups in total. The van der Waals surface area contributed by atoms with Crippen LogP contribution in [-0.4, -0.2) is 0 Å². The number of rotatable bonds is 9. The molecular formula is C57H41NS. The molecule has 10 rings (SSSR count). The van der Waals surface area contributed by atoms with Crippen LogP contribution in [0.2, 0.25) is 0 Å². The van der Waals surface area contributed by atoms with Crippen LogP contribution < -0.4 is 4.90 Å². The van der Waals surface area contributed by atoms with E-state index in [1.807, 2.05) is 17.4 Å². The third kappa shape index (κ3) is 6.95. The Labute approximate surface area is 349 Å². The second-order valence-electron chi connectivity index (χ2n) is 14.9. The number of thiophene rings is 1. The van der Waals surface area contributed by atoms with Gasteiger partial charge >= 0.3 is 0 Å². The summed E-state index contributed by atoms with van der Waals surface area (Å²) in [6, 6.07) is 72.6. The average molecular weight is 772 g/mol. The topological polar surface area (TPSA) is 3.24 Å². The van der Waals surface area contributed by atoms with Crippen LogP contribution >= 0.6 is 11.3 Å². The minimum Gasteiger partial charge on any atom is -0.311 e. The normalized spacial score (nSPS) is 12.1. The first-order chi connectivity index (χ1) is 29.1. The van der Waals surface area contributed by atoms with Gasteiger partial charge in [-0.3, -0.25) is 0 Å². The van der Waals surface area contributed by atoms with Gasteiger partial charge in [0.05, 0.1) is 0 Å². The van der Waals surface area contributed by atoms with E-state index in [4.69, 9.17) is 0 Å². The number of fused-ring (bicyclic) bond motifs is 6. The molecule has 0 unspecified atom stereocenters. The van der Waals surface area contributed by atoms with Crippen molar-refractivity contribution in [2.45, 2.75) is 6.92 Å². The molecule has 1 aromatic heterocycles. The van der Waals surface area contributed by atoms with Crippen LogP contribution in [0.1, 0.15) is 12.5 Å². The lowest BCUT2D eigenvalue weighted by molar-refractivity contribution is 1.21. The first-order valence-corrected chi connectivity index (χ1v) is 21.0. The number of nitrogens with zero attached hydrogens (tertiary/aromatic N) is 1. The monoisotopic (exact) mass is 771 g/mol. The summed E-state index contributed by atoms with van der Waals surface area (Å²) in [7, 11) is 0. The van der Waals surface area contributed by atoms with E-state index in [1.54, 1.807) is 0 Å². The molecule has 280 valence electrons. The molecule has 1 nitrogen and oxygen atoms in total. The number of hydrogen-bond donors (Lipinski definition) is 0. The predicted molar refractivity (Wildman–Crippen MR) is 258 cm³/mol. The maximum absolute atomic E-state index is 4.35. The van der Waals surface area contributed by atoms with Crippen molar-refractivity contribution >= 4 is 70.0 Å². The van der Waals surface area contributed by atoms with Gasteiger partial charge in [-0.2, -0.15) is 0 Å².